The van der Waals surface area contributed by atoms with E-state index in [0.29, 0.717) is 12.1 Å². The molecule has 2 aromatic heterocycles. The van der Waals surface area contributed by atoms with Gasteiger partial charge in [0.05, 0.1) is 11.7 Å². The molecule has 1 aliphatic heterocycles. The van der Waals surface area contributed by atoms with Crippen LogP contribution in [0.1, 0.15) is 34.7 Å². The minimum atomic E-state index is -4.81. The van der Waals surface area contributed by atoms with Crippen LogP contribution in [-0.4, -0.2) is 64.2 Å². The van der Waals surface area contributed by atoms with E-state index in [-0.39, 0.29) is 41.3 Å². The van der Waals surface area contributed by atoms with Gasteiger partial charge in [-0.2, -0.15) is 13.2 Å². The molecule has 1 atom stereocenters. The lowest BCUT2D eigenvalue weighted by Gasteiger charge is -2.41. The van der Waals surface area contributed by atoms with Gasteiger partial charge in [0.1, 0.15) is 16.5 Å². The standard InChI is InChI=1S/C22H21ClF3N5O3/c1-4-20(33)30-5-6-31(12(2)32)17(11-30)14-8-15(29-19(23)10-14)13-7-16(21(34)27-3)28-18(9-13)22(24,25)26/h4,7-10,17H,1,5-6,11H2,2-3H3,(H,27,34)/t17-/m0/s1. The van der Waals surface area contributed by atoms with E-state index in [2.05, 4.69) is 21.9 Å². The average molecular weight is 496 g/mol. The number of halogens is 4. The number of nitrogens with one attached hydrogen (secondary N) is 1. The number of hydrogen-bond donors (Lipinski definition) is 1. The Bertz CT molecular complexity index is 1160. The SMILES string of the molecule is C=CC(=O)N1CCN(C(C)=O)[C@H](c2cc(Cl)nc(-c3cc(C(=O)NC)nc(C(F)(F)F)c3)c2)C1. The summed E-state index contributed by atoms with van der Waals surface area (Å²) in [5.41, 5.74) is -1.22. The molecule has 0 spiro atoms. The van der Waals surface area contributed by atoms with Crippen LogP contribution in [0.2, 0.25) is 5.15 Å². The molecule has 0 saturated carbocycles. The lowest BCUT2D eigenvalue weighted by atomic mass is 10.00. The van der Waals surface area contributed by atoms with Crippen LogP contribution in [0, 0.1) is 0 Å². The number of piperazine rings is 1. The third-order valence-corrected chi connectivity index (χ3v) is 5.54. The van der Waals surface area contributed by atoms with Crippen LogP contribution < -0.4 is 5.32 Å². The molecule has 0 aromatic carbocycles. The van der Waals surface area contributed by atoms with E-state index < -0.39 is 29.5 Å². The van der Waals surface area contributed by atoms with Crippen LogP contribution in [0.15, 0.2) is 36.9 Å². The fraction of sp³-hybridized carbons (Fsp3) is 0.318. The largest absolute Gasteiger partial charge is 0.433 e. The Morgan fingerprint density at radius 1 is 1.18 bits per heavy atom. The quantitative estimate of drug-likeness (QED) is 0.519. The molecule has 1 N–H and O–H groups in total. The molecule has 34 heavy (non-hydrogen) atoms. The van der Waals surface area contributed by atoms with Crippen molar-refractivity contribution in [3.05, 3.63) is 59.0 Å². The van der Waals surface area contributed by atoms with Crippen LogP contribution in [-0.2, 0) is 15.8 Å². The number of alkyl halides is 3. The highest BCUT2D eigenvalue weighted by atomic mass is 35.5. The summed E-state index contributed by atoms with van der Waals surface area (Å²) in [4.78, 5) is 47.0. The molecule has 8 nitrogen and oxygen atoms in total. The molecule has 0 aliphatic carbocycles. The summed E-state index contributed by atoms with van der Waals surface area (Å²) in [5, 5.41) is 2.21. The van der Waals surface area contributed by atoms with Crippen LogP contribution in [0.5, 0.6) is 0 Å². The molecule has 1 aliphatic rings. The second-order valence-corrected chi connectivity index (χ2v) is 7.92. The Balaban J connectivity index is 2.13. The van der Waals surface area contributed by atoms with E-state index in [1.165, 1.54) is 43.1 Å². The fourth-order valence-electron chi connectivity index (χ4n) is 3.70. The minimum Gasteiger partial charge on any atom is -0.354 e. The lowest BCUT2D eigenvalue weighted by molar-refractivity contribution is -0.141. The summed E-state index contributed by atoms with van der Waals surface area (Å²) in [7, 11) is 1.27. The average Bonchev–Trinajstić information content (AvgIpc) is 2.81. The summed E-state index contributed by atoms with van der Waals surface area (Å²) in [6, 6.07) is 4.30. The van der Waals surface area contributed by atoms with Crippen LogP contribution >= 0.6 is 11.6 Å². The van der Waals surface area contributed by atoms with E-state index in [4.69, 9.17) is 11.6 Å². The number of amides is 3. The van der Waals surface area contributed by atoms with Gasteiger partial charge in [0.25, 0.3) is 5.91 Å². The molecule has 0 bridgehead atoms. The molecule has 3 amide bonds. The summed E-state index contributed by atoms with van der Waals surface area (Å²) in [6.07, 6.45) is -3.64. The zero-order valence-corrected chi connectivity index (χ0v) is 19.1. The van der Waals surface area contributed by atoms with Crippen molar-refractivity contribution in [2.24, 2.45) is 0 Å². The van der Waals surface area contributed by atoms with E-state index in [9.17, 15) is 27.6 Å². The monoisotopic (exact) mass is 495 g/mol. The Labute approximate surface area is 198 Å². The van der Waals surface area contributed by atoms with Crippen molar-refractivity contribution in [1.82, 2.24) is 25.1 Å². The molecule has 0 radical (unpaired) electrons. The van der Waals surface area contributed by atoms with Gasteiger partial charge in [-0.25, -0.2) is 9.97 Å². The molecule has 12 heteroatoms. The molecule has 1 saturated heterocycles. The summed E-state index contributed by atoms with van der Waals surface area (Å²) in [5.74, 6) is -1.36. The first-order valence-electron chi connectivity index (χ1n) is 10.1. The lowest BCUT2D eigenvalue weighted by Crippen LogP contribution is -2.51. The molecular weight excluding hydrogens is 475 g/mol. The van der Waals surface area contributed by atoms with Gasteiger partial charge in [0, 0.05) is 39.2 Å². The smallest absolute Gasteiger partial charge is 0.354 e. The summed E-state index contributed by atoms with van der Waals surface area (Å²) < 4.78 is 40.3. The van der Waals surface area contributed by atoms with Crippen molar-refractivity contribution in [2.75, 3.05) is 26.7 Å². The summed E-state index contributed by atoms with van der Waals surface area (Å²) >= 11 is 6.20. The molecule has 3 heterocycles. The van der Waals surface area contributed by atoms with Crippen LogP contribution in [0.3, 0.4) is 0 Å². The van der Waals surface area contributed by atoms with Gasteiger partial charge >= 0.3 is 6.18 Å². The zero-order chi connectivity index (χ0) is 25.2. The minimum absolute atomic E-state index is 0.0324. The summed E-state index contributed by atoms with van der Waals surface area (Å²) in [6.45, 7) is 5.56. The fourth-order valence-corrected chi connectivity index (χ4v) is 3.92. The van der Waals surface area contributed by atoms with Crippen molar-refractivity contribution < 1.29 is 27.6 Å². The van der Waals surface area contributed by atoms with E-state index in [1.54, 1.807) is 4.90 Å². The number of pyridine rings is 2. The molecule has 2 aromatic rings. The third kappa shape index (κ3) is 5.36. The predicted molar refractivity (Wildman–Crippen MR) is 118 cm³/mol. The highest BCUT2D eigenvalue weighted by molar-refractivity contribution is 6.29. The maximum atomic E-state index is 13.4. The zero-order valence-electron chi connectivity index (χ0n) is 18.3. The van der Waals surface area contributed by atoms with E-state index in [0.717, 1.165) is 6.07 Å². The van der Waals surface area contributed by atoms with Crippen molar-refractivity contribution in [3.8, 4) is 11.3 Å². The molecule has 1 fully saturated rings. The van der Waals surface area contributed by atoms with E-state index >= 15 is 0 Å². The third-order valence-electron chi connectivity index (χ3n) is 5.34. The molecule has 180 valence electrons. The highest BCUT2D eigenvalue weighted by Crippen LogP contribution is 2.34. The van der Waals surface area contributed by atoms with Gasteiger partial charge in [-0.15, -0.1) is 0 Å². The topological polar surface area (TPSA) is 95.5 Å². The number of aromatic nitrogens is 2. The second-order valence-electron chi connectivity index (χ2n) is 7.53. The number of hydrogen-bond acceptors (Lipinski definition) is 5. The van der Waals surface area contributed by atoms with Crippen LogP contribution in [0.25, 0.3) is 11.3 Å². The van der Waals surface area contributed by atoms with Gasteiger partial charge in [-0.1, -0.05) is 18.2 Å². The Morgan fingerprint density at radius 2 is 1.88 bits per heavy atom. The highest BCUT2D eigenvalue weighted by Gasteiger charge is 2.35. The first kappa shape index (κ1) is 25.2. The number of carbonyl (C=O) groups is 3. The molecule has 0 unspecified atom stereocenters. The van der Waals surface area contributed by atoms with Crippen molar-refractivity contribution >= 4 is 29.3 Å². The number of carbonyl (C=O) groups excluding carboxylic acids is 3. The van der Waals surface area contributed by atoms with Gasteiger partial charge in [0.15, 0.2) is 0 Å². The van der Waals surface area contributed by atoms with Crippen molar-refractivity contribution in [2.45, 2.75) is 19.1 Å². The maximum Gasteiger partial charge on any atom is 0.433 e. The van der Waals surface area contributed by atoms with E-state index in [1.807, 2.05) is 0 Å². The maximum absolute atomic E-state index is 13.4. The predicted octanol–water partition coefficient (Wildman–Crippen LogP) is 3.09. The van der Waals surface area contributed by atoms with Gasteiger partial charge < -0.3 is 15.1 Å². The van der Waals surface area contributed by atoms with Gasteiger partial charge in [-0.3, -0.25) is 14.4 Å². The Hall–Kier alpha value is -3.47. The Kier molecular flexibility index (Phi) is 7.25. The molecule has 3 rings (SSSR count). The van der Waals surface area contributed by atoms with Gasteiger partial charge in [-0.05, 0) is 35.9 Å². The first-order valence-corrected chi connectivity index (χ1v) is 10.5. The Morgan fingerprint density at radius 3 is 2.47 bits per heavy atom. The normalized spacial score (nSPS) is 16.2. The van der Waals surface area contributed by atoms with Crippen LogP contribution in [0.4, 0.5) is 13.2 Å². The molecular formula is C22H21ClF3N5O3. The number of rotatable bonds is 4. The first-order chi connectivity index (χ1) is 15.9. The van der Waals surface area contributed by atoms with Crippen molar-refractivity contribution in [1.29, 1.82) is 0 Å². The van der Waals surface area contributed by atoms with Crippen molar-refractivity contribution in [3.63, 3.8) is 0 Å². The van der Waals surface area contributed by atoms with Gasteiger partial charge in [0.2, 0.25) is 11.8 Å². The number of nitrogens with zero attached hydrogens (tertiary/aromatic N) is 4. The second kappa shape index (κ2) is 9.80.